The van der Waals surface area contributed by atoms with Gasteiger partial charge in [0.1, 0.15) is 0 Å². The summed E-state index contributed by atoms with van der Waals surface area (Å²) >= 11 is 0. The molecule has 0 spiro atoms. The van der Waals surface area contributed by atoms with E-state index in [2.05, 4.69) is 0 Å². The van der Waals surface area contributed by atoms with Crippen molar-refractivity contribution in [3.63, 3.8) is 0 Å². The average molecular weight is 338 g/mol. The molecular weight excluding hydrogens is 312 g/mol. The molecular formula is C17H26N2O3S. The van der Waals surface area contributed by atoms with E-state index in [1.54, 1.807) is 12.1 Å². The number of hydrogen-bond donors (Lipinski definition) is 1. The van der Waals surface area contributed by atoms with Crippen LogP contribution < -0.4 is 4.90 Å². The van der Waals surface area contributed by atoms with Gasteiger partial charge in [-0.1, -0.05) is 38.1 Å². The molecule has 0 amide bonds. The molecule has 0 fully saturated rings. The summed E-state index contributed by atoms with van der Waals surface area (Å²) in [6.45, 7) is 3.87. The van der Waals surface area contributed by atoms with Gasteiger partial charge in [0.15, 0.2) is 0 Å². The molecule has 0 heterocycles. The quantitative estimate of drug-likeness (QED) is 0.910. The topological polar surface area (TPSA) is 60.9 Å². The van der Waals surface area contributed by atoms with Gasteiger partial charge in [0, 0.05) is 44.1 Å². The minimum Gasteiger partial charge on any atom is -0.395 e. The van der Waals surface area contributed by atoms with Crippen molar-refractivity contribution in [3.8, 4) is 0 Å². The van der Waals surface area contributed by atoms with E-state index in [1.165, 1.54) is 11.4 Å². The Kier molecular flexibility index (Phi) is 7.00. The number of anilines is 1. The lowest BCUT2D eigenvalue weighted by Crippen LogP contribution is -2.29. The smallest absolute Gasteiger partial charge is 0.243 e. The van der Waals surface area contributed by atoms with E-state index in [0.29, 0.717) is 5.39 Å². The van der Waals surface area contributed by atoms with Gasteiger partial charge in [-0.05, 0) is 12.1 Å². The van der Waals surface area contributed by atoms with Crippen LogP contribution in [0.4, 0.5) is 5.69 Å². The molecule has 2 aromatic rings. The molecule has 0 radical (unpaired) electrons. The van der Waals surface area contributed by atoms with Crippen LogP contribution in [0.3, 0.4) is 0 Å². The second-order valence-electron chi connectivity index (χ2n) is 5.07. The number of nitrogens with zero attached hydrogens (tertiary/aromatic N) is 2. The van der Waals surface area contributed by atoms with Crippen LogP contribution in [-0.2, 0) is 10.0 Å². The summed E-state index contributed by atoms with van der Waals surface area (Å²) in [5.74, 6) is 0. The van der Waals surface area contributed by atoms with Crippen LogP contribution in [0.1, 0.15) is 13.8 Å². The van der Waals surface area contributed by atoms with Crippen LogP contribution in [-0.4, -0.2) is 52.1 Å². The number of aliphatic hydroxyl groups is 1. The van der Waals surface area contributed by atoms with Crippen LogP contribution in [0.15, 0.2) is 41.3 Å². The van der Waals surface area contributed by atoms with Crippen LogP contribution in [0.25, 0.3) is 10.8 Å². The summed E-state index contributed by atoms with van der Waals surface area (Å²) in [4.78, 5) is 2.22. The first-order valence-corrected chi connectivity index (χ1v) is 9.10. The summed E-state index contributed by atoms with van der Waals surface area (Å²) < 4.78 is 26.4. The van der Waals surface area contributed by atoms with E-state index in [9.17, 15) is 8.42 Å². The molecule has 0 saturated carbocycles. The monoisotopic (exact) mass is 338 g/mol. The highest BCUT2D eigenvalue weighted by molar-refractivity contribution is 7.89. The van der Waals surface area contributed by atoms with Gasteiger partial charge in [-0.2, -0.15) is 4.31 Å². The zero-order valence-corrected chi connectivity index (χ0v) is 15.3. The van der Waals surface area contributed by atoms with Gasteiger partial charge in [-0.25, -0.2) is 8.42 Å². The van der Waals surface area contributed by atoms with Gasteiger partial charge in [0.25, 0.3) is 0 Å². The van der Waals surface area contributed by atoms with Crippen LogP contribution in [0.5, 0.6) is 0 Å². The summed E-state index contributed by atoms with van der Waals surface area (Å²) in [6, 6.07) is 10.9. The number of likely N-dealkylation sites (N-methyl/N-ethyl adjacent to an activating group) is 1. The first-order chi connectivity index (χ1) is 10.9. The van der Waals surface area contributed by atoms with Crippen molar-refractivity contribution < 1.29 is 13.5 Å². The van der Waals surface area contributed by atoms with Crippen molar-refractivity contribution in [1.29, 1.82) is 0 Å². The maximum absolute atomic E-state index is 12.6. The molecule has 0 aliphatic heterocycles. The maximum Gasteiger partial charge on any atom is 0.243 e. The van der Waals surface area contributed by atoms with Crippen molar-refractivity contribution in [1.82, 2.24) is 4.31 Å². The fraction of sp³-hybridized carbons (Fsp3) is 0.412. The van der Waals surface area contributed by atoms with Gasteiger partial charge in [0.05, 0.1) is 11.5 Å². The maximum atomic E-state index is 12.6. The number of hydrogen-bond acceptors (Lipinski definition) is 4. The first kappa shape index (κ1) is 19.4. The molecule has 6 heteroatoms. The zero-order valence-electron chi connectivity index (χ0n) is 14.4. The number of fused-ring (bicyclic) bond motifs is 1. The Hall–Kier alpha value is -1.63. The van der Waals surface area contributed by atoms with Gasteiger partial charge in [-0.15, -0.1) is 0 Å². The normalized spacial score (nSPS) is 11.3. The minimum atomic E-state index is -3.62. The number of sulfonamides is 1. The second-order valence-corrected chi connectivity index (χ2v) is 7.09. The van der Waals surface area contributed by atoms with Crippen molar-refractivity contribution in [2.75, 3.05) is 39.2 Å². The lowest BCUT2D eigenvalue weighted by molar-refractivity contribution is 0.266. The van der Waals surface area contributed by atoms with Crippen molar-refractivity contribution >= 4 is 26.5 Å². The van der Waals surface area contributed by atoms with E-state index < -0.39 is 10.0 Å². The highest BCUT2D eigenvalue weighted by atomic mass is 32.2. The Morgan fingerprint density at radius 3 is 2.09 bits per heavy atom. The molecule has 0 atom stereocenters. The zero-order chi connectivity index (χ0) is 17.6. The molecule has 0 saturated heterocycles. The third-order valence-electron chi connectivity index (χ3n) is 3.44. The van der Waals surface area contributed by atoms with Crippen LogP contribution in [0, 0.1) is 0 Å². The van der Waals surface area contributed by atoms with Crippen LogP contribution >= 0.6 is 0 Å². The molecule has 0 unspecified atom stereocenters. The van der Waals surface area contributed by atoms with E-state index in [1.807, 2.05) is 57.1 Å². The molecule has 5 nitrogen and oxygen atoms in total. The molecule has 2 rings (SSSR count). The van der Waals surface area contributed by atoms with E-state index in [-0.39, 0.29) is 18.0 Å². The third-order valence-corrected chi connectivity index (χ3v) is 5.36. The Morgan fingerprint density at radius 2 is 1.52 bits per heavy atom. The molecule has 23 heavy (non-hydrogen) atoms. The SMILES string of the molecule is CC.CN(C)c1cccc2c(S(=O)(=O)N(C)CCO)cccc12. The molecule has 0 aromatic heterocycles. The minimum absolute atomic E-state index is 0.0755. The van der Waals surface area contributed by atoms with Crippen molar-refractivity contribution in [2.45, 2.75) is 18.7 Å². The third kappa shape index (κ3) is 4.02. The fourth-order valence-electron chi connectivity index (χ4n) is 2.31. The number of benzene rings is 2. The lowest BCUT2D eigenvalue weighted by Gasteiger charge is -2.20. The summed E-state index contributed by atoms with van der Waals surface area (Å²) in [5, 5.41) is 10.5. The summed E-state index contributed by atoms with van der Waals surface area (Å²) in [6.07, 6.45) is 0. The molecule has 0 aliphatic rings. The van der Waals surface area contributed by atoms with Crippen molar-refractivity contribution in [3.05, 3.63) is 36.4 Å². The van der Waals surface area contributed by atoms with E-state index >= 15 is 0 Å². The number of aliphatic hydroxyl groups excluding tert-OH is 1. The lowest BCUT2D eigenvalue weighted by atomic mass is 10.1. The van der Waals surface area contributed by atoms with Gasteiger partial charge < -0.3 is 10.0 Å². The van der Waals surface area contributed by atoms with Gasteiger partial charge in [-0.3, -0.25) is 0 Å². The van der Waals surface area contributed by atoms with E-state index in [4.69, 9.17) is 5.11 Å². The Labute approximate surface area is 139 Å². The largest absolute Gasteiger partial charge is 0.395 e. The average Bonchev–Trinajstić information content (AvgIpc) is 2.55. The first-order valence-electron chi connectivity index (χ1n) is 7.66. The second kappa shape index (κ2) is 8.29. The fourth-order valence-corrected chi connectivity index (χ4v) is 3.67. The summed E-state index contributed by atoms with van der Waals surface area (Å²) in [7, 11) is 1.71. The predicted octanol–water partition coefficient (Wildman–Crippen LogP) is 2.54. The standard InChI is InChI=1S/C15H20N2O3S.C2H6/c1-16(2)14-8-4-7-13-12(14)6-5-9-15(13)21(19,20)17(3)10-11-18;1-2/h4-9,18H,10-11H2,1-3H3;1-2H3. The highest BCUT2D eigenvalue weighted by Gasteiger charge is 2.23. The Morgan fingerprint density at radius 1 is 0.957 bits per heavy atom. The summed E-state index contributed by atoms with van der Waals surface area (Å²) in [5.41, 5.74) is 0.967. The van der Waals surface area contributed by atoms with Gasteiger partial charge in [0.2, 0.25) is 10.0 Å². The van der Waals surface area contributed by atoms with Crippen molar-refractivity contribution in [2.24, 2.45) is 0 Å². The molecule has 1 N–H and O–H groups in total. The van der Waals surface area contributed by atoms with E-state index in [0.717, 1.165) is 11.1 Å². The molecule has 2 aromatic carbocycles. The Bertz CT molecular complexity index is 743. The predicted molar refractivity (Wildman–Crippen MR) is 96.5 cm³/mol. The number of rotatable bonds is 5. The Balaban J connectivity index is 0.00000127. The molecule has 0 aliphatic carbocycles. The molecule has 0 bridgehead atoms. The molecule has 128 valence electrons. The van der Waals surface area contributed by atoms with Gasteiger partial charge >= 0.3 is 0 Å². The highest BCUT2D eigenvalue weighted by Crippen LogP contribution is 2.31. The van der Waals surface area contributed by atoms with Crippen LogP contribution in [0.2, 0.25) is 0 Å².